The number of pyridine rings is 1. The summed E-state index contributed by atoms with van der Waals surface area (Å²) in [7, 11) is 1.83. The van der Waals surface area contributed by atoms with E-state index in [-0.39, 0.29) is 0 Å². The molecule has 0 bridgehead atoms. The van der Waals surface area contributed by atoms with Crippen LogP contribution in [0.25, 0.3) is 0 Å². The third kappa shape index (κ3) is 38.3. The van der Waals surface area contributed by atoms with Gasteiger partial charge in [0.2, 0.25) is 11.9 Å². The van der Waals surface area contributed by atoms with E-state index in [0.29, 0.717) is 48.9 Å². The van der Waals surface area contributed by atoms with Crippen LogP contribution in [0.15, 0.2) is 49.4 Å². The monoisotopic (exact) mass is 930 g/mol. The van der Waals surface area contributed by atoms with E-state index in [1.54, 1.807) is 22.5 Å². The Morgan fingerprint density at radius 1 is 0.855 bits per heavy atom. The molecular formula is C37H66ClF3N12O8S. The lowest BCUT2D eigenvalue weighted by molar-refractivity contribution is -0.137. The van der Waals surface area contributed by atoms with Gasteiger partial charge in [-0.15, -0.1) is 0 Å². The Hall–Kier alpha value is -3.37. The van der Waals surface area contributed by atoms with E-state index in [9.17, 15) is 18.0 Å². The van der Waals surface area contributed by atoms with Crippen molar-refractivity contribution in [1.29, 1.82) is 0 Å². The number of rotatable bonds is 17. The number of carbonyl (C=O) groups excluding carboxylic acids is 1. The van der Waals surface area contributed by atoms with Gasteiger partial charge in [-0.1, -0.05) is 17.7 Å². The average Bonchev–Trinajstić information content (AvgIpc) is 3.94. The van der Waals surface area contributed by atoms with Gasteiger partial charge in [-0.2, -0.15) is 52.0 Å². The number of nitrogens with one attached hydrogen (secondary N) is 6. The number of ether oxygens (including phenoxy) is 2. The maximum atomic E-state index is 11.2. The van der Waals surface area contributed by atoms with E-state index in [2.05, 4.69) is 52.4 Å². The number of hydroxylamine groups is 4. The molecule has 6 rings (SSSR count). The fourth-order valence-electron chi connectivity index (χ4n) is 3.56. The minimum absolute atomic E-state index is 0.413. The Morgan fingerprint density at radius 2 is 1.45 bits per heavy atom. The van der Waals surface area contributed by atoms with Crippen LogP contribution in [-0.4, -0.2) is 137 Å². The number of aromatic nitrogens is 6. The molecule has 1 atom stereocenters. The highest BCUT2D eigenvalue weighted by molar-refractivity contribution is 8.00. The van der Waals surface area contributed by atoms with Crippen LogP contribution in [0.4, 0.5) is 19.1 Å². The van der Waals surface area contributed by atoms with Crippen molar-refractivity contribution in [2.45, 2.75) is 78.8 Å². The Balaban J connectivity index is 0.000000705. The predicted molar refractivity (Wildman–Crippen MR) is 230 cm³/mol. The lowest BCUT2D eigenvalue weighted by atomic mass is 10.3. The molecule has 3 aliphatic heterocycles. The van der Waals surface area contributed by atoms with E-state index < -0.39 is 18.6 Å². The number of aryl methyl sites for hydroxylation is 1. The van der Waals surface area contributed by atoms with Gasteiger partial charge in [0.1, 0.15) is 19.2 Å². The molecule has 62 heavy (non-hydrogen) atoms. The third-order valence-corrected chi connectivity index (χ3v) is 8.09. The van der Waals surface area contributed by atoms with Crippen molar-refractivity contribution in [3.05, 3.63) is 60.2 Å². The molecule has 6 N–H and O–H groups in total. The molecule has 3 aliphatic rings. The molecule has 356 valence electrons. The van der Waals surface area contributed by atoms with Crippen molar-refractivity contribution < 1.29 is 51.6 Å². The van der Waals surface area contributed by atoms with Crippen LogP contribution in [0.5, 0.6) is 0 Å². The summed E-state index contributed by atoms with van der Waals surface area (Å²) in [6.45, 7) is 16.8. The van der Waals surface area contributed by atoms with Crippen LogP contribution < -0.4 is 32.7 Å². The summed E-state index contributed by atoms with van der Waals surface area (Å²) in [6, 6.07) is 7.28. The summed E-state index contributed by atoms with van der Waals surface area (Å²) in [5.74, 6) is 2.16. The SMILES string of the molecule is CC(=O)NCC(F)(F)F.CCONC1CCOC1.CCONC1COC1.CCONC1CSC1.CCONCc1ccccn1.CCONc1ncc(Cl)cn1.Cn1cncn1. The third-order valence-electron chi connectivity index (χ3n) is 6.61. The Morgan fingerprint density at radius 3 is 1.84 bits per heavy atom. The fourth-order valence-corrected chi connectivity index (χ4v) is 4.27. The first kappa shape index (κ1) is 58.6. The van der Waals surface area contributed by atoms with E-state index >= 15 is 0 Å². The lowest BCUT2D eigenvalue weighted by Gasteiger charge is -2.25. The van der Waals surface area contributed by atoms with E-state index in [1.807, 2.05) is 71.6 Å². The standard InChI is InChI=1S/C8H12N2O.C6H8ClN3O.C6H13NO2.C5H11NO2.C5H11NOS.C4H6F3NO.C3H5N3/c1-2-11-10-7-8-5-3-4-6-9-8;1-2-11-10-6-8-3-5(7)4-9-6;1-2-9-7-6-3-4-8-5-6;1-2-8-6-5-3-7-4-5;1-2-7-6-5-3-8-4-5;1-3(9)8-2-4(5,6)7;1-6-3-4-2-5-6/h3-6,10H,2,7H2,1H3;3-4H,2H2,1H3,(H,8,9,10);6-7H,2-5H2,1H3;2*5-6H,2-4H2,1H3;2H2,1H3,(H,8,9);2-3H,1H3. The molecule has 25 heteroatoms. The summed E-state index contributed by atoms with van der Waals surface area (Å²) in [5, 5.41) is 5.85. The van der Waals surface area contributed by atoms with Crippen LogP contribution in [0.2, 0.25) is 5.02 Å². The van der Waals surface area contributed by atoms with Crippen molar-refractivity contribution in [3.63, 3.8) is 0 Å². The summed E-state index contributed by atoms with van der Waals surface area (Å²) in [5.41, 5.74) is 15.0. The molecule has 0 radical (unpaired) electrons. The van der Waals surface area contributed by atoms with Crippen LogP contribution in [0, 0.1) is 0 Å². The number of hydrogen-bond acceptors (Lipinski definition) is 19. The molecule has 20 nitrogen and oxygen atoms in total. The molecule has 0 aliphatic carbocycles. The topological polar surface area (TPSA) is 223 Å². The summed E-state index contributed by atoms with van der Waals surface area (Å²) >= 11 is 7.51. The van der Waals surface area contributed by atoms with Crippen molar-refractivity contribution in [3.8, 4) is 0 Å². The summed E-state index contributed by atoms with van der Waals surface area (Å²) in [4.78, 5) is 50.0. The highest BCUT2D eigenvalue weighted by Gasteiger charge is 2.26. The highest BCUT2D eigenvalue weighted by atomic mass is 35.5. The first-order chi connectivity index (χ1) is 29.9. The summed E-state index contributed by atoms with van der Waals surface area (Å²) in [6.07, 6.45) is 4.67. The Bertz CT molecular complexity index is 1390. The number of carbonyl (C=O) groups is 1. The number of amides is 1. The molecule has 3 saturated heterocycles. The average molecular weight is 932 g/mol. The molecule has 6 heterocycles. The van der Waals surface area contributed by atoms with Crippen LogP contribution in [0.3, 0.4) is 0 Å². The fraction of sp³-hybridized carbons (Fsp3) is 0.676. The van der Waals surface area contributed by atoms with Gasteiger partial charge >= 0.3 is 6.18 Å². The molecule has 3 fully saturated rings. The number of anilines is 1. The number of halogens is 4. The number of hydrogen-bond donors (Lipinski definition) is 6. The first-order valence-corrected chi connectivity index (χ1v) is 21.4. The Labute approximate surface area is 371 Å². The molecule has 0 spiro atoms. The molecule has 3 aromatic rings. The largest absolute Gasteiger partial charge is 0.405 e. The van der Waals surface area contributed by atoms with Gasteiger partial charge in [0, 0.05) is 38.3 Å². The lowest BCUT2D eigenvalue weighted by Crippen LogP contribution is -2.45. The van der Waals surface area contributed by atoms with Crippen LogP contribution in [0.1, 0.15) is 53.7 Å². The molecular weight excluding hydrogens is 865 g/mol. The molecule has 0 saturated carbocycles. The first-order valence-electron chi connectivity index (χ1n) is 19.9. The predicted octanol–water partition coefficient (Wildman–Crippen LogP) is 4.00. The smallest absolute Gasteiger partial charge is 0.380 e. The van der Waals surface area contributed by atoms with Crippen LogP contribution >= 0.6 is 23.4 Å². The van der Waals surface area contributed by atoms with Crippen LogP contribution in [-0.2, 0) is 52.0 Å². The molecule has 1 amide bonds. The van der Waals surface area contributed by atoms with Gasteiger partial charge in [0.15, 0.2) is 0 Å². The molecule has 1 unspecified atom stereocenters. The summed E-state index contributed by atoms with van der Waals surface area (Å²) < 4.78 is 45.2. The van der Waals surface area contributed by atoms with Gasteiger partial charge in [-0.05, 0) is 53.2 Å². The molecule has 3 aromatic heterocycles. The molecule has 0 aromatic carbocycles. The van der Waals surface area contributed by atoms with Gasteiger partial charge < -0.3 is 34.1 Å². The Kier molecular flexibility index (Phi) is 38.2. The van der Waals surface area contributed by atoms with Gasteiger partial charge in [-0.3, -0.25) is 19.3 Å². The second-order valence-corrected chi connectivity index (χ2v) is 13.6. The maximum Gasteiger partial charge on any atom is 0.405 e. The van der Waals surface area contributed by atoms with Crippen molar-refractivity contribution >= 4 is 35.2 Å². The normalized spacial score (nSPS) is 15.2. The quantitative estimate of drug-likeness (QED) is 0.0832. The second-order valence-electron chi connectivity index (χ2n) is 12.1. The highest BCUT2D eigenvalue weighted by Crippen LogP contribution is 2.16. The van der Waals surface area contributed by atoms with Gasteiger partial charge in [0.25, 0.3) is 0 Å². The number of nitrogens with zero attached hydrogens (tertiary/aromatic N) is 6. The second kappa shape index (κ2) is 40.4. The maximum absolute atomic E-state index is 11.2. The zero-order valence-corrected chi connectivity index (χ0v) is 38.2. The van der Waals surface area contributed by atoms with Crippen molar-refractivity contribution in [2.24, 2.45) is 7.05 Å². The zero-order chi connectivity index (χ0) is 46.1. The van der Waals surface area contributed by atoms with E-state index in [0.717, 1.165) is 65.3 Å². The van der Waals surface area contributed by atoms with E-state index in [4.69, 9.17) is 45.3 Å². The minimum atomic E-state index is -4.30. The minimum Gasteiger partial charge on any atom is -0.380 e. The number of thioether (sulfide) groups is 1. The number of alkyl halides is 3. The van der Waals surface area contributed by atoms with Gasteiger partial charge in [-0.25, -0.2) is 20.4 Å². The van der Waals surface area contributed by atoms with E-state index in [1.165, 1.54) is 30.2 Å². The van der Waals surface area contributed by atoms with Gasteiger partial charge in [0.05, 0.1) is 101 Å². The zero-order valence-electron chi connectivity index (χ0n) is 36.6. The van der Waals surface area contributed by atoms with Crippen molar-refractivity contribution in [1.82, 2.24) is 57.0 Å². The van der Waals surface area contributed by atoms with Crippen molar-refractivity contribution in [2.75, 3.05) is 83.0 Å².